The number of amides is 1. The Morgan fingerprint density at radius 3 is 1.65 bits per heavy atom. The molecule has 4 aromatic rings. The zero-order valence-electron chi connectivity index (χ0n) is 42.4. The topological polar surface area (TPSA) is 236 Å². The number of likely N-dealkylation sites (N-methyl/N-ethyl adjacent to an activating group) is 2. The summed E-state index contributed by atoms with van der Waals surface area (Å²) in [6.07, 6.45) is 15.8. The average molecular weight is 1030 g/mol. The Hall–Kier alpha value is -5.72. The quantitative estimate of drug-likeness (QED) is 0.116. The molecule has 1 amide bonds. The van der Waals surface area contributed by atoms with Crippen molar-refractivity contribution in [3.05, 3.63) is 94.8 Å². The minimum Gasteiger partial charge on any atom is -0.504 e. The molecule has 6 unspecified atom stereocenters. The van der Waals surface area contributed by atoms with Crippen molar-refractivity contribution in [2.75, 3.05) is 40.3 Å². The van der Waals surface area contributed by atoms with E-state index >= 15 is 0 Å². The lowest BCUT2D eigenvalue weighted by molar-refractivity contribution is -0.188. The first-order chi connectivity index (χ1) is 36.1. The van der Waals surface area contributed by atoms with E-state index in [0.29, 0.717) is 72.3 Å². The number of nitrogens with zero attached hydrogens (tertiary/aromatic N) is 3. The van der Waals surface area contributed by atoms with Crippen LogP contribution in [0.2, 0.25) is 0 Å². The Morgan fingerprint density at radius 1 is 0.680 bits per heavy atom. The number of phenols is 2. The van der Waals surface area contributed by atoms with E-state index in [0.717, 1.165) is 62.0 Å². The molecule has 6 N–H and O–H groups in total. The number of nitrogens with one attached hydrogen (secondary N) is 1. The van der Waals surface area contributed by atoms with Crippen LogP contribution in [0.1, 0.15) is 132 Å². The van der Waals surface area contributed by atoms with Crippen molar-refractivity contribution >= 4 is 23.4 Å². The van der Waals surface area contributed by atoms with Crippen LogP contribution >= 0.6 is 0 Å². The number of aliphatic hydroxyl groups is 2. The van der Waals surface area contributed by atoms with Crippen molar-refractivity contribution in [3.8, 4) is 23.0 Å². The second-order valence-electron chi connectivity index (χ2n) is 24.3. The molecule has 4 bridgehead atoms. The summed E-state index contributed by atoms with van der Waals surface area (Å²) < 4.78 is 22.9. The van der Waals surface area contributed by atoms with Crippen LogP contribution in [-0.4, -0.2) is 152 Å². The third-order valence-corrected chi connectivity index (χ3v) is 20.5. The summed E-state index contributed by atoms with van der Waals surface area (Å²) in [5, 5.41) is 57.9. The number of carbonyl (C=O) groups excluding carboxylic acids is 3. The van der Waals surface area contributed by atoms with Crippen LogP contribution < -0.4 is 14.8 Å². The zero-order chi connectivity index (χ0) is 51.7. The van der Waals surface area contributed by atoms with Gasteiger partial charge in [-0.2, -0.15) is 0 Å². The normalized spacial score (nSPS) is 38.6. The molecular weight excluding hydrogens is 961 g/mol. The van der Waals surface area contributed by atoms with Crippen LogP contribution in [-0.2, 0) is 20.4 Å². The number of benzene rings is 2. The van der Waals surface area contributed by atoms with E-state index < -0.39 is 46.2 Å². The number of ketones is 2. The smallest absolute Gasteiger partial charge is 0.307 e. The van der Waals surface area contributed by atoms with Crippen molar-refractivity contribution in [3.63, 3.8) is 0 Å². The summed E-state index contributed by atoms with van der Waals surface area (Å²) in [6.45, 7) is 3.22. The Kier molecular flexibility index (Phi) is 10.6. The molecule has 8 fully saturated rings. The molecular formula is C58H66N4O13. The van der Waals surface area contributed by atoms with Crippen LogP contribution in [0.25, 0.3) is 0 Å². The molecule has 75 heavy (non-hydrogen) atoms. The number of hydrogen-bond donors (Lipinski definition) is 6. The number of ether oxygens (including phenoxy) is 2. The third-order valence-electron chi connectivity index (χ3n) is 20.5. The van der Waals surface area contributed by atoms with Crippen LogP contribution in [0.15, 0.2) is 70.3 Å². The predicted octanol–water partition coefficient (Wildman–Crippen LogP) is 5.47. The number of aliphatic carboxylic acids is 1. The van der Waals surface area contributed by atoms with Gasteiger partial charge < -0.3 is 54.1 Å². The first kappa shape index (κ1) is 47.7. The number of Topliss-reactive ketones (excluding diaryl/α,β-unsaturated/α-hetero) is 2. The van der Waals surface area contributed by atoms with E-state index in [9.17, 15) is 39.6 Å². The summed E-state index contributed by atoms with van der Waals surface area (Å²) in [4.78, 5) is 57.9. The molecule has 6 saturated carbocycles. The van der Waals surface area contributed by atoms with Crippen molar-refractivity contribution in [2.45, 2.75) is 147 Å². The lowest BCUT2D eigenvalue weighted by Crippen LogP contribution is -2.79. The SMILES string of the molecule is CN(C(=O)C1CC1c1ccoc1)[C@@H]1CC[C@@]2(O)C3C(=O)c4ccc(O)c5c4[C@@]2(CCN3CC2CC2)[C@H]1O5.CN[C@@H]1CC[C@@]2(O)C3C(=O)c4ccc(O)c5c4[C@@]2(CCN3CC2CC2)[C@H]1O5.O=C(O)C1CC1c1ccoc1. The molecule has 2 saturated heterocycles. The number of piperidine rings is 2. The largest absolute Gasteiger partial charge is 0.504 e. The number of aromatic hydroxyl groups is 2. The number of likely N-dealkylation sites (tertiary alicyclic amines) is 2. The Balaban J connectivity index is 0.000000118. The molecule has 4 aliphatic heterocycles. The maximum absolute atomic E-state index is 13.9. The highest BCUT2D eigenvalue weighted by molar-refractivity contribution is 6.07. The van der Waals surface area contributed by atoms with Gasteiger partial charge in [-0.3, -0.25) is 29.0 Å². The van der Waals surface area contributed by atoms with Crippen LogP contribution in [0, 0.1) is 23.7 Å². The number of furan rings is 2. The molecule has 2 aromatic heterocycles. The number of phenolic OH excluding ortho intramolecular Hbond substituents is 2. The van der Waals surface area contributed by atoms with Crippen LogP contribution in [0.5, 0.6) is 23.0 Å². The minimum atomic E-state index is -1.30. The highest BCUT2D eigenvalue weighted by Crippen LogP contribution is 2.68. The van der Waals surface area contributed by atoms with E-state index in [4.69, 9.17) is 23.4 Å². The van der Waals surface area contributed by atoms with Crippen molar-refractivity contribution in [1.82, 2.24) is 20.0 Å². The Morgan fingerprint density at radius 2 is 1.17 bits per heavy atom. The average Bonchev–Trinajstić information content (AvgIpc) is 4.51. The number of hydrogen-bond acceptors (Lipinski definition) is 15. The predicted molar refractivity (Wildman–Crippen MR) is 267 cm³/mol. The van der Waals surface area contributed by atoms with Gasteiger partial charge in [-0.15, -0.1) is 0 Å². The summed E-state index contributed by atoms with van der Waals surface area (Å²) in [7, 11) is 3.77. The van der Waals surface area contributed by atoms with Gasteiger partial charge >= 0.3 is 5.97 Å². The summed E-state index contributed by atoms with van der Waals surface area (Å²) >= 11 is 0. The summed E-state index contributed by atoms with van der Waals surface area (Å²) in [5.74, 6) is 1.48. The van der Waals surface area contributed by atoms with E-state index in [-0.39, 0.29) is 70.8 Å². The maximum Gasteiger partial charge on any atom is 0.307 e. The van der Waals surface area contributed by atoms with Gasteiger partial charge in [0.2, 0.25) is 5.91 Å². The summed E-state index contributed by atoms with van der Waals surface area (Å²) in [6, 6.07) is 9.01. The van der Waals surface area contributed by atoms with Gasteiger partial charge in [0.15, 0.2) is 34.6 Å². The molecule has 17 nitrogen and oxygen atoms in total. The lowest BCUT2D eigenvalue weighted by atomic mass is 9.48. The van der Waals surface area contributed by atoms with E-state index in [2.05, 4.69) is 15.1 Å². The van der Waals surface area contributed by atoms with Gasteiger partial charge in [0.05, 0.1) is 47.8 Å². The van der Waals surface area contributed by atoms with Crippen molar-refractivity contribution in [1.29, 1.82) is 0 Å². The number of carboxylic acids is 1. The van der Waals surface area contributed by atoms with Gasteiger partial charge in [0.25, 0.3) is 0 Å². The Labute approximate surface area is 434 Å². The molecule has 17 heteroatoms. The van der Waals surface area contributed by atoms with Gasteiger partial charge in [-0.25, -0.2) is 0 Å². The number of carbonyl (C=O) groups is 4. The van der Waals surface area contributed by atoms with Crippen LogP contribution in [0.3, 0.4) is 0 Å². The lowest BCUT2D eigenvalue weighted by Gasteiger charge is -2.63. The standard InChI is InChI=1S/C29H32N2O6.C21H26N2O4.C8H8O3/c1-30(27(34)19-12-18(19)16-7-11-36-14-16)20-6-8-29(35)25-23(33)17-4-5-21(32)24-22(17)28(29,26(20)37-24)9-10-31(25)13-15-2-3-15;1-22-13-6-7-21(26)18-16(25)12-4-5-14(24)17-15(12)20(21,19(13)27-17)8-9-23(18)10-11-2-3-11;9-8(10)7-3-6(7)5-1-2-11-4-5/h4-5,7,11,14-15,18-20,25-26,32,35H,2-3,6,8-10,12-13H2,1H3;4-5,11,13,18-19,22,24,26H,2-3,6-10H2,1H3;1-2,4,6-7H,3H2,(H,9,10)/t18?,19?,20-,25?,26+,28+,29-;13-,18?,19+,20+,21-;/m11./s1. The third kappa shape index (κ3) is 6.66. The van der Waals surface area contributed by atoms with Crippen molar-refractivity contribution in [2.24, 2.45) is 23.7 Å². The molecule has 12 aliphatic rings. The van der Waals surface area contributed by atoms with Gasteiger partial charge in [0, 0.05) is 73.4 Å². The maximum atomic E-state index is 13.9. The Bertz CT molecular complexity index is 3010. The minimum absolute atomic E-state index is 0.00289. The molecule has 6 heterocycles. The number of rotatable bonds is 10. The molecule has 16 rings (SSSR count). The molecule has 0 radical (unpaired) electrons. The highest BCUT2D eigenvalue weighted by atomic mass is 16.5. The van der Waals surface area contributed by atoms with E-state index in [1.807, 2.05) is 31.1 Å². The molecule has 396 valence electrons. The van der Waals surface area contributed by atoms with Gasteiger partial charge in [-0.1, -0.05) is 0 Å². The fraction of sp³-hybridized carbons (Fsp3) is 0.586. The fourth-order valence-electron chi connectivity index (χ4n) is 16.4. The second kappa shape index (κ2) is 16.6. The summed E-state index contributed by atoms with van der Waals surface area (Å²) in [5.41, 5.74) is 0.800. The van der Waals surface area contributed by atoms with Gasteiger partial charge in [-0.05, 0) is 149 Å². The molecule has 2 spiro atoms. The van der Waals surface area contributed by atoms with E-state index in [1.54, 1.807) is 43.3 Å². The number of carboxylic acid groups (broad SMARTS) is 1. The first-order valence-corrected chi connectivity index (χ1v) is 27.4. The molecule has 8 aliphatic carbocycles. The highest BCUT2D eigenvalue weighted by Gasteiger charge is 2.77. The molecule has 14 atom stereocenters. The monoisotopic (exact) mass is 1030 g/mol. The first-order valence-electron chi connectivity index (χ1n) is 27.4. The van der Waals surface area contributed by atoms with Crippen LogP contribution in [0.4, 0.5) is 0 Å². The zero-order valence-corrected chi connectivity index (χ0v) is 42.4. The van der Waals surface area contributed by atoms with Gasteiger partial charge in [0.1, 0.15) is 35.5 Å². The second-order valence-corrected chi connectivity index (χ2v) is 24.3. The fourth-order valence-corrected chi connectivity index (χ4v) is 16.4. The van der Waals surface area contributed by atoms with E-state index in [1.165, 1.54) is 31.7 Å². The molecule has 2 aromatic carbocycles. The van der Waals surface area contributed by atoms with Crippen molar-refractivity contribution < 1.29 is 63.0 Å².